The predicted octanol–water partition coefficient (Wildman–Crippen LogP) is 5.60. The molecule has 4 rings (SSSR count). The molecule has 1 aliphatic carbocycles. The summed E-state index contributed by atoms with van der Waals surface area (Å²) in [6.07, 6.45) is 3.20. The van der Waals surface area contributed by atoms with Gasteiger partial charge in [0.05, 0.1) is 12.0 Å². The first-order valence-electron chi connectivity index (χ1n) is 14.7. The van der Waals surface area contributed by atoms with Gasteiger partial charge in [-0.15, -0.1) is 0 Å². The maximum absolute atomic E-state index is 13.4. The fraction of sp³-hybridized carbons (Fsp3) is 0.576. The summed E-state index contributed by atoms with van der Waals surface area (Å²) in [5.74, 6) is -0.588. The van der Waals surface area contributed by atoms with Crippen molar-refractivity contribution in [3.8, 4) is 5.75 Å². The van der Waals surface area contributed by atoms with Crippen molar-refractivity contribution in [3.05, 3.63) is 59.2 Å². The van der Waals surface area contributed by atoms with Crippen molar-refractivity contribution < 1.29 is 19.4 Å². The van der Waals surface area contributed by atoms with Crippen molar-refractivity contribution in [1.29, 1.82) is 0 Å². The summed E-state index contributed by atoms with van der Waals surface area (Å²) in [7, 11) is 1.89. The van der Waals surface area contributed by atoms with E-state index in [1.54, 1.807) is 0 Å². The molecule has 2 N–H and O–H groups in total. The van der Waals surface area contributed by atoms with Crippen LogP contribution in [0.3, 0.4) is 0 Å². The van der Waals surface area contributed by atoms with E-state index in [0.717, 1.165) is 63.1 Å². The van der Waals surface area contributed by atoms with E-state index in [4.69, 9.17) is 4.74 Å². The van der Waals surface area contributed by atoms with Crippen molar-refractivity contribution in [1.82, 2.24) is 10.2 Å². The third-order valence-electron chi connectivity index (χ3n) is 8.52. The summed E-state index contributed by atoms with van der Waals surface area (Å²) >= 11 is 0. The number of hydrogen-bond acceptors (Lipinski definition) is 5. The van der Waals surface area contributed by atoms with E-state index in [1.165, 1.54) is 11.1 Å². The second-order valence-corrected chi connectivity index (χ2v) is 12.9. The maximum Gasteiger partial charge on any atom is 0.311 e. The first-order chi connectivity index (χ1) is 18.9. The molecule has 1 amide bonds. The lowest BCUT2D eigenvalue weighted by Crippen LogP contribution is -2.48. The molecule has 7 heteroatoms. The Morgan fingerprint density at radius 3 is 2.48 bits per heavy atom. The molecule has 2 aromatic carbocycles. The van der Waals surface area contributed by atoms with Crippen molar-refractivity contribution in [2.45, 2.75) is 84.9 Å². The summed E-state index contributed by atoms with van der Waals surface area (Å²) in [6.45, 7) is 14.3. The molecule has 0 radical (unpaired) electrons. The van der Waals surface area contributed by atoms with Crippen LogP contribution in [0.4, 0.5) is 5.69 Å². The Kier molecular flexibility index (Phi) is 9.57. The van der Waals surface area contributed by atoms with Gasteiger partial charge < -0.3 is 20.1 Å². The first-order valence-corrected chi connectivity index (χ1v) is 14.7. The largest absolute Gasteiger partial charge is 0.490 e. The maximum atomic E-state index is 13.4. The molecule has 0 spiro atoms. The number of aliphatic carboxylic acids is 1. The number of carbonyl (C=O) groups is 2. The van der Waals surface area contributed by atoms with E-state index < -0.39 is 17.3 Å². The number of ether oxygens (including phenoxy) is 1. The Hall–Kier alpha value is -2.90. The van der Waals surface area contributed by atoms with Crippen molar-refractivity contribution in [3.63, 3.8) is 0 Å². The smallest absolute Gasteiger partial charge is 0.311 e. The van der Waals surface area contributed by atoms with E-state index >= 15 is 0 Å². The minimum absolute atomic E-state index is 0.0178. The SMILES string of the molecule is Cc1cc(N(C)C(=O)C2CCC(Oc3cccc(C(C(=O)O)C(C)(C)C)c3)CC2)ccc1CN1CCN[C@@H](C)C1. The summed E-state index contributed by atoms with van der Waals surface area (Å²) < 4.78 is 6.28. The third kappa shape index (κ3) is 7.43. The number of rotatable bonds is 8. The van der Waals surface area contributed by atoms with Gasteiger partial charge in [-0.1, -0.05) is 39.0 Å². The van der Waals surface area contributed by atoms with Gasteiger partial charge in [0.2, 0.25) is 5.91 Å². The highest BCUT2D eigenvalue weighted by atomic mass is 16.5. The lowest BCUT2D eigenvalue weighted by atomic mass is 9.76. The molecule has 2 aliphatic rings. The Labute approximate surface area is 239 Å². The first kappa shape index (κ1) is 30.1. The summed E-state index contributed by atoms with van der Waals surface area (Å²) in [6, 6.07) is 14.4. The van der Waals surface area contributed by atoms with E-state index in [9.17, 15) is 14.7 Å². The molecule has 1 heterocycles. The molecular weight excluding hydrogens is 502 g/mol. The summed E-state index contributed by atoms with van der Waals surface area (Å²) in [5.41, 5.74) is 3.84. The standard InChI is InChI=1S/C33H47N3O4/c1-22-18-27(13-10-26(22)21-36-17-16-34-23(2)20-36)35(6)31(37)24-11-14-28(15-12-24)40-29-9-7-8-25(19-29)30(32(38)39)33(3,4)5/h7-10,13,18-19,23-24,28,30,34H,11-12,14-17,20-21H2,1-6H3,(H,38,39)/t23-,24?,28?,30?/m0/s1. The average Bonchev–Trinajstić information content (AvgIpc) is 2.89. The number of anilines is 1. The van der Waals surface area contributed by atoms with Gasteiger partial charge in [0.15, 0.2) is 0 Å². The van der Waals surface area contributed by atoms with E-state index in [0.29, 0.717) is 11.8 Å². The highest BCUT2D eigenvalue weighted by Crippen LogP contribution is 2.37. The number of hydrogen-bond donors (Lipinski definition) is 2. The lowest BCUT2D eigenvalue weighted by Gasteiger charge is -2.33. The minimum atomic E-state index is -0.827. The van der Waals surface area contributed by atoms with Crippen molar-refractivity contribution in [2.24, 2.45) is 11.3 Å². The molecule has 0 bridgehead atoms. The van der Waals surface area contributed by atoms with Crippen LogP contribution in [0.25, 0.3) is 0 Å². The lowest BCUT2D eigenvalue weighted by molar-refractivity contribution is -0.141. The monoisotopic (exact) mass is 549 g/mol. The molecule has 2 aromatic rings. The zero-order valence-corrected chi connectivity index (χ0v) is 25.1. The average molecular weight is 550 g/mol. The molecule has 1 saturated carbocycles. The van der Waals surface area contributed by atoms with Crippen LogP contribution >= 0.6 is 0 Å². The van der Waals surface area contributed by atoms with Crippen LogP contribution in [-0.2, 0) is 16.1 Å². The molecule has 1 aliphatic heterocycles. The summed E-state index contributed by atoms with van der Waals surface area (Å²) in [5, 5.41) is 13.3. The molecular formula is C33H47N3O4. The molecule has 40 heavy (non-hydrogen) atoms. The molecule has 2 atom stereocenters. The molecule has 7 nitrogen and oxygen atoms in total. The quantitative estimate of drug-likeness (QED) is 0.446. The normalized spacial score (nSPS) is 22.9. The van der Waals surface area contributed by atoms with Crippen LogP contribution in [0.15, 0.2) is 42.5 Å². The predicted molar refractivity (Wildman–Crippen MR) is 160 cm³/mol. The number of nitrogens with zero attached hydrogens (tertiary/aromatic N) is 2. The number of carboxylic acids is 1. The van der Waals surface area contributed by atoms with Gasteiger partial charge in [-0.3, -0.25) is 14.5 Å². The Balaban J connectivity index is 1.32. The van der Waals surface area contributed by atoms with Crippen LogP contribution in [0.1, 0.15) is 76.0 Å². The van der Waals surface area contributed by atoms with Crippen molar-refractivity contribution >= 4 is 17.6 Å². The van der Waals surface area contributed by atoms with Gasteiger partial charge in [-0.2, -0.15) is 0 Å². The van der Waals surface area contributed by atoms with Gasteiger partial charge in [0.1, 0.15) is 5.75 Å². The Morgan fingerprint density at radius 2 is 1.85 bits per heavy atom. The van der Waals surface area contributed by atoms with E-state index in [-0.39, 0.29) is 17.9 Å². The Bertz CT molecular complexity index is 1180. The molecule has 1 saturated heterocycles. The fourth-order valence-electron chi connectivity index (χ4n) is 6.26. The number of carbonyl (C=O) groups excluding carboxylic acids is 1. The van der Waals surface area contributed by atoms with Crippen LogP contribution in [-0.4, -0.2) is 60.7 Å². The highest BCUT2D eigenvalue weighted by Gasteiger charge is 2.34. The second-order valence-electron chi connectivity index (χ2n) is 12.9. The van der Waals surface area contributed by atoms with E-state index in [2.05, 4.69) is 42.3 Å². The third-order valence-corrected chi connectivity index (χ3v) is 8.52. The number of benzene rings is 2. The second kappa shape index (κ2) is 12.7. The number of piperazine rings is 1. The van der Waals surface area contributed by atoms with Crippen LogP contribution in [0.2, 0.25) is 0 Å². The topological polar surface area (TPSA) is 82.1 Å². The number of aryl methyl sites for hydroxylation is 1. The fourth-order valence-corrected chi connectivity index (χ4v) is 6.26. The van der Waals surface area contributed by atoms with Gasteiger partial charge in [0, 0.05) is 50.9 Å². The molecule has 218 valence electrons. The van der Waals surface area contributed by atoms with Gasteiger partial charge >= 0.3 is 5.97 Å². The van der Waals surface area contributed by atoms with Gasteiger partial charge in [-0.25, -0.2) is 0 Å². The van der Waals surface area contributed by atoms with Crippen molar-refractivity contribution in [2.75, 3.05) is 31.6 Å². The van der Waals surface area contributed by atoms with E-state index in [1.807, 2.05) is 57.0 Å². The van der Waals surface area contributed by atoms with Crippen LogP contribution < -0.4 is 15.0 Å². The number of amides is 1. The zero-order chi connectivity index (χ0) is 29.0. The number of nitrogens with one attached hydrogen (secondary N) is 1. The van der Waals surface area contributed by atoms with Crippen LogP contribution in [0.5, 0.6) is 5.75 Å². The zero-order valence-electron chi connectivity index (χ0n) is 25.1. The molecule has 0 aromatic heterocycles. The molecule has 2 fully saturated rings. The highest BCUT2D eigenvalue weighted by molar-refractivity contribution is 5.94. The summed E-state index contributed by atoms with van der Waals surface area (Å²) in [4.78, 5) is 29.7. The number of carboxylic acid groups (broad SMARTS) is 1. The molecule has 1 unspecified atom stereocenters. The Morgan fingerprint density at radius 1 is 1.12 bits per heavy atom. The van der Waals surface area contributed by atoms with Crippen LogP contribution in [0, 0.1) is 18.3 Å². The van der Waals surface area contributed by atoms with Gasteiger partial charge in [0.25, 0.3) is 0 Å². The minimum Gasteiger partial charge on any atom is -0.490 e. The van der Waals surface area contributed by atoms with Gasteiger partial charge in [-0.05, 0) is 85.9 Å².